The summed E-state index contributed by atoms with van der Waals surface area (Å²) in [7, 11) is 0. The van der Waals surface area contributed by atoms with E-state index in [1.54, 1.807) is 35.6 Å². The Bertz CT molecular complexity index is 781. The third-order valence-corrected chi connectivity index (χ3v) is 5.25. The number of halogens is 1. The molecular formula is C15H11ClN2OS2. The van der Waals surface area contributed by atoms with Gasteiger partial charge >= 0.3 is 0 Å². The van der Waals surface area contributed by atoms with Gasteiger partial charge in [-0.25, -0.2) is 4.98 Å². The Balaban J connectivity index is 1.85. The Morgan fingerprint density at radius 3 is 2.86 bits per heavy atom. The van der Waals surface area contributed by atoms with Gasteiger partial charge in [-0.15, -0.1) is 22.7 Å². The van der Waals surface area contributed by atoms with Crippen molar-refractivity contribution in [1.82, 2.24) is 4.98 Å². The Labute approximate surface area is 135 Å². The van der Waals surface area contributed by atoms with Crippen LogP contribution in [0.15, 0.2) is 41.8 Å². The van der Waals surface area contributed by atoms with Gasteiger partial charge in [0, 0.05) is 10.7 Å². The number of amides is 1. The lowest BCUT2D eigenvalue weighted by molar-refractivity contribution is 0.103. The number of anilines is 1. The van der Waals surface area contributed by atoms with Gasteiger partial charge in [-0.3, -0.25) is 4.79 Å². The molecule has 0 atom stereocenters. The first-order valence-corrected chi connectivity index (χ1v) is 8.29. The number of nitrogens with one attached hydrogen (secondary N) is 1. The van der Waals surface area contributed by atoms with E-state index >= 15 is 0 Å². The fourth-order valence-electron chi connectivity index (χ4n) is 1.87. The minimum atomic E-state index is -0.157. The first-order chi connectivity index (χ1) is 10.1. The Morgan fingerprint density at radius 1 is 1.29 bits per heavy atom. The van der Waals surface area contributed by atoms with E-state index in [0.717, 1.165) is 15.6 Å². The third-order valence-electron chi connectivity index (χ3n) is 2.82. The van der Waals surface area contributed by atoms with Crippen LogP contribution < -0.4 is 5.32 Å². The molecule has 0 unspecified atom stereocenters. The number of carbonyl (C=O) groups is 1. The second-order valence-electron chi connectivity index (χ2n) is 4.38. The van der Waals surface area contributed by atoms with Crippen molar-refractivity contribution < 1.29 is 4.79 Å². The predicted molar refractivity (Wildman–Crippen MR) is 89.6 cm³/mol. The zero-order chi connectivity index (χ0) is 14.8. The summed E-state index contributed by atoms with van der Waals surface area (Å²) in [4.78, 5) is 18.5. The van der Waals surface area contributed by atoms with E-state index < -0.39 is 0 Å². The highest BCUT2D eigenvalue weighted by molar-refractivity contribution is 7.22. The van der Waals surface area contributed by atoms with Crippen LogP contribution in [0.2, 0.25) is 5.02 Å². The normalized spacial score (nSPS) is 10.6. The van der Waals surface area contributed by atoms with Crippen LogP contribution in [-0.4, -0.2) is 10.9 Å². The zero-order valence-electron chi connectivity index (χ0n) is 11.1. The summed E-state index contributed by atoms with van der Waals surface area (Å²) in [5, 5.41) is 6.31. The van der Waals surface area contributed by atoms with Gasteiger partial charge in [0.2, 0.25) is 0 Å². The Morgan fingerprint density at radius 2 is 2.14 bits per heavy atom. The molecule has 3 nitrogen and oxygen atoms in total. The second kappa shape index (κ2) is 5.97. The van der Waals surface area contributed by atoms with E-state index in [2.05, 4.69) is 10.3 Å². The number of aryl methyl sites for hydroxylation is 1. The van der Waals surface area contributed by atoms with Crippen molar-refractivity contribution >= 4 is 45.9 Å². The minimum Gasteiger partial charge on any atom is -0.321 e. The molecule has 0 aliphatic rings. The molecule has 0 saturated carbocycles. The van der Waals surface area contributed by atoms with E-state index in [0.29, 0.717) is 15.6 Å². The number of carbonyl (C=O) groups excluding carboxylic acids is 1. The van der Waals surface area contributed by atoms with Gasteiger partial charge in [-0.05, 0) is 36.6 Å². The van der Waals surface area contributed by atoms with E-state index in [9.17, 15) is 4.79 Å². The number of rotatable bonds is 3. The van der Waals surface area contributed by atoms with Gasteiger partial charge in [-0.1, -0.05) is 23.7 Å². The SMILES string of the molecule is Cc1nc(-c2cccs2)sc1C(=O)Nc1cccc(Cl)c1. The topological polar surface area (TPSA) is 42.0 Å². The van der Waals surface area contributed by atoms with Crippen LogP contribution >= 0.6 is 34.3 Å². The highest BCUT2D eigenvalue weighted by Gasteiger charge is 2.16. The van der Waals surface area contributed by atoms with Gasteiger partial charge in [0.15, 0.2) is 0 Å². The third kappa shape index (κ3) is 3.15. The molecule has 21 heavy (non-hydrogen) atoms. The molecule has 3 rings (SSSR count). The van der Waals surface area contributed by atoms with Crippen LogP contribution in [0.5, 0.6) is 0 Å². The molecule has 0 saturated heterocycles. The molecule has 0 radical (unpaired) electrons. The van der Waals surface area contributed by atoms with Crippen LogP contribution in [0.4, 0.5) is 5.69 Å². The second-order valence-corrected chi connectivity index (χ2v) is 6.76. The van der Waals surface area contributed by atoms with E-state index in [-0.39, 0.29) is 5.91 Å². The quantitative estimate of drug-likeness (QED) is 0.725. The first-order valence-electron chi connectivity index (χ1n) is 6.22. The van der Waals surface area contributed by atoms with E-state index in [1.165, 1.54) is 11.3 Å². The van der Waals surface area contributed by atoms with Crippen molar-refractivity contribution in [2.75, 3.05) is 5.32 Å². The van der Waals surface area contributed by atoms with Gasteiger partial charge in [0.1, 0.15) is 9.88 Å². The Kier molecular flexibility index (Phi) is 4.05. The van der Waals surface area contributed by atoms with Crippen LogP contribution in [0.1, 0.15) is 15.4 Å². The molecule has 2 heterocycles. The maximum atomic E-state index is 12.3. The molecule has 6 heteroatoms. The zero-order valence-corrected chi connectivity index (χ0v) is 13.5. The molecule has 0 aliphatic heterocycles. The lowest BCUT2D eigenvalue weighted by Gasteiger charge is -2.03. The van der Waals surface area contributed by atoms with Crippen LogP contribution in [-0.2, 0) is 0 Å². The van der Waals surface area contributed by atoms with Crippen molar-refractivity contribution in [3.8, 4) is 9.88 Å². The van der Waals surface area contributed by atoms with Crippen molar-refractivity contribution in [3.63, 3.8) is 0 Å². The van der Waals surface area contributed by atoms with Gasteiger partial charge < -0.3 is 5.32 Å². The average Bonchev–Trinajstić information content (AvgIpc) is 3.07. The van der Waals surface area contributed by atoms with E-state index in [1.807, 2.05) is 24.4 Å². The highest BCUT2D eigenvalue weighted by atomic mass is 35.5. The fourth-order valence-corrected chi connectivity index (χ4v) is 3.82. The number of benzene rings is 1. The van der Waals surface area contributed by atoms with Crippen molar-refractivity contribution in [1.29, 1.82) is 0 Å². The lowest BCUT2D eigenvalue weighted by Crippen LogP contribution is -2.11. The molecular weight excluding hydrogens is 324 g/mol. The molecule has 1 N–H and O–H groups in total. The number of aromatic nitrogens is 1. The summed E-state index contributed by atoms with van der Waals surface area (Å²) in [6.45, 7) is 1.85. The average molecular weight is 335 g/mol. The van der Waals surface area contributed by atoms with Crippen molar-refractivity contribution in [2.45, 2.75) is 6.92 Å². The smallest absolute Gasteiger partial charge is 0.267 e. The standard InChI is InChI=1S/C15H11ClN2OS2/c1-9-13(21-15(17-9)12-6-3-7-20-12)14(19)18-11-5-2-4-10(16)8-11/h2-8H,1H3,(H,18,19). The number of nitrogens with zero attached hydrogens (tertiary/aromatic N) is 1. The molecule has 0 aliphatic carbocycles. The maximum absolute atomic E-state index is 12.3. The molecule has 0 bridgehead atoms. The summed E-state index contributed by atoms with van der Waals surface area (Å²) in [6, 6.07) is 11.1. The summed E-state index contributed by atoms with van der Waals surface area (Å²) in [5.41, 5.74) is 1.42. The predicted octanol–water partition coefficient (Wildman–Crippen LogP) is 5.09. The van der Waals surface area contributed by atoms with Crippen molar-refractivity contribution in [3.05, 3.63) is 57.4 Å². The van der Waals surface area contributed by atoms with Gasteiger partial charge in [-0.2, -0.15) is 0 Å². The molecule has 1 amide bonds. The maximum Gasteiger partial charge on any atom is 0.267 e. The number of hydrogen-bond donors (Lipinski definition) is 1. The van der Waals surface area contributed by atoms with Gasteiger partial charge in [0.05, 0.1) is 10.6 Å². The lowest BCUT2D eigenvalue weighted by atomic mass is 10.3. The molecule has 106 valence electrons. The summed E-state index contributed by atoms with van der Waals surface area (Å²) in [5.74, 6) is -0.157. The molecule has 0 spiro atoms. The summed E-state index contributed by atoms with van der Waals surface area (Å²) >= 11 is 8.94. The number of thiophene rings is 1. The molecule has 3 aromatic rings. The monoisotopic (exact) mass is 334 g/mol. The van der Waals surface area contributed by atoms with Crippen LogP contribution in [0.3, 0.4) is 0 Å². The van der Waals surface area contributed by atoms with Crippen LogP contribution in [0.25, 0.3) is 9.88 Å². The molecule has 0 fully saturated rings. The molecule has 1 aromatic carbocycles. The number of thiazole rings is 1. The first kappa shape index (κ1) is 14.3. The Hall–Kier alpha value is -1.69. The van der Waals surface area contributed by atoms with Crippen LogP contribution in [0, 0.1) is 6.92 Å². The largest absolute Gasteiger partial charge is 0.321 e. The van der Waals surface area contributed by atoms with E-state index in [4.69, 9.17) is 11.6 Å². The van der Waals surface area contributed by atoms with Crippen molar-refractivity contribution in [2.24, 2.45) is 0 Å². The number of hydrogen-bond acceptors (Lipinski definition) is 4. The molecule has 2 aromatic heterocycles. The minimum absolute atomic E-state index is 0.157. The summed E-state index contributed by atoms with van der Waals surface area (Å²) in [6.07, 6.45) is 0. The van der Waals surface area contributed by atoms with Gasteiger partial charge in [0.25, 0.3) is 5.91 Å². The highest BCUT2D eigenvalue weighted by Crippen LogP contribution is 2.31. The fraction of sp³-hybridized carbons (Fsp3) is 0.0667. The summed E-state index contributed by atoms with van der Waals surface area (Å²) < 4.78 is 0.